The van der Waals surface area contributed by atoms with E-state index in [-0.39, 0.29) is 34.8 Å². The molecule has 2 aromatic rings. The Morgan fingerprint density at radius 3 is 2.56 bits per heavy atom. The van der Waals surface area contributed by atoms with Crippen LogP contribution < -0.4 is 10.6 Å². The summed E-state index contributed by atoms with van der Waals surface area (Å²) in [7, 11) is 0. The van der Waals surface area contributed by atoms with Crippen LogP contribution in [-0.2, 0) is 4.79 Å². The monoisotopic (exact) mass is 444 g/mol. The van der Waals surface area contributed by atoms with Gasteiger partial charge in [0.15, 0.2) is 5.84 Å². The van der Waals surface area contributed by atoms with Gasteiger partial charge in [-0.05, 0) is 26.0 Å². The molecule has 1 amide bonds. The summed E-state index contributed by atoms with van der Waals surface area (Å²) in [5, 5.41) is 37.5. The first kappa shape index (κ1) is 24.1. The van der Waals surface area contributed by atoms with Gasteiger partial charge < -0.3 is 20.6 Å². The number of amides is 1. The number of alkyl halides is 2. The van der Waals surface area contributed by atoms with Crippen LogP contribution in [0.15, 0.2) is 48.4 Å². The van der Waals surface area contributed by atoms with Crippen LogP contribution in [-0.4, -0.2) is 56.2 Å². The number of carbonyl (C=O) groups is 1. The van der Waals surface area contributed by atoms with Gasteiger partial charge in [-0.25, -0.2) is 13.8 Å². The van der Waals surface area contributed by atoms with Gasteiger partial charge in [-0.1, -0.05) is 6.07 Å². The lowest BCUT2D eigenvalue weighted by Crippen LogP contribution is -2.36. The number of hydrogen-bond acceptors (Lipinski definition) is 8. The van der Waals surface area contributed by atoms with E-state index in [0.717, 1.165) is 12.5 Å². The molecule has 6 N–H and O–H groups in total. The number of carbonyl (C=O) groups excluding carboxylic acids is 1. The van der Waals surface area contributed by atoms with Crippen LogP contribution in [0.3, 0.4) is 0 Å². The first-order valence-electron chi connectivity index (χ1n) is 9.28. The Morgan fingerprint density at radius 2 is 1.97 bits per heavy atom. The second-order valence-corrected chi connectivity index (χ2v) is 6.69. The van der Waals surface area contributed by atoms with Crippen molar-refractivity contribution in [1.82, 2.24) is 14.9 Å². The molecule has 168 valence electrons. The van der Waals surface area contributed by atoms with Crippen LogP contribution in [0.1, 0.15) is 19.5 Å². The number of anilines is 2. The molecule has 10 nitrogen and oxygen atoms in total. The molecule has 0 aliphatic carbocycles. The maximum absolute atomic E-state index is 13.1. The number of nitrogens with zero attached hydrogens (tertiary/aromatic N) is 3. The molecule has 0 spiro atoms. The number of hydrogen-bond donors (Lipinski definition) is 6. The van der Waals surface area contributed by atoms with Crippen molar-refractivity contribution in [3.05, 3.63) is 54.1 Å². The number of rotatable bonds is 9. The lowest BCUT2D eigenvalue weighted by atomic mass is 10.1. The van der Waals surface area contributed by atoms with Crippen LogP contribution in [0.5, 0.6) is 5.75 Å². The van der Waals surface area contributed by atoms with Crippen LogP contribution in [0.4, 0.5) is 20.3 Å². The van der Waals surface area contributed by atoms with E-state index >= 15 is 0 Å². The molecule has 0 saturated heterocycles. The Labute approximate surface area is 182 Å². The van der Waals surface area contributed by atoms with Crippen molar-refractivity contribution in [3.8, 4) is 5.75 Å². The first-order valence-corrected chi connectivity index (χ1v) is 9.28. The average Bonchev–Trinajstić information content (AvgIpc) is 2.74. The zero-order chi connectivity index (χ0) is 23.8. The van der Waals surface area contributed by atoms with E-state index in [1.807, 2.05) is 0 Å². The quantitative estimate of drug-likeness (QED) is 0.198. The molecule has 0 saturated carbocycles. The third-order valence-corrected chi connectivity index (χ3v) is 4.05. The first-order chi connectivity index (χ1) is 15.1. The molecular formula is C20H22F2N8O2. The molecular weight excluding hydrogens is 422 g/mol. The highest BCUT2D eigenvalue weighted by Gasteiger charge is 2.23. The van der Waals surface area contributed by atoms with Gasteiger partial charge in [-0.3, -0.25) is 26.0 Å². The van der Waals surface area contributed by atoms with Gasteiger partial charge in [0.25, 0.3) is 12.3 Å². The van der Waals surface area contributed by atoms with Crippen LogP contribution in [0.25, 0.3) is 0 Å². The van der Waals surface area contributed by atoms with Crippen molar-refractivity contribution in [2.24, 2.45) is 0 Å². The van der Waals surface area contributed by atoms with Gasteiger partial charge in [0.05, 0.1) is 30.0 Å². The molecule has 2 rings (SSSR count). The summed E-state index contributed by atoms with van der Waals surface area (Å²) in [6.07, 6.45) is 1.13. The van der Waals surface area contributed by atoms with Crippen molar-refractivity contribution in [1.29, 1.82) is 16.2 Å². The minimum Gasteiger partial charge on any atom is -0.506 e. The summed E-state index contributed by atoms with van der Waals surface area (Å²) >= 11 is 0. The molecule has 0 aromatic carbocycles. The number of aromatic hydroxyl groups is 1. The molecule has 0 fully saturated rings. The van der Waals surface area contributed by atoms with Crippen molar-refractivity contribution in [3.63, 3.8) is 0 Å². The molecule has 2 heterocycles. The minimum atomic E-state index is -3.21. The molecule has 0 atom stereocenters. The van der Waals surface area contributed by atoms with Crippen molar-refractivity contribution in [2.75, 3.05) is 10.6 Å². The predicted molar refractivity (Wildman–Crippen MR) is 117 cm³/mol. The summed E-state index contributed by atoms with van der Waals surface area (Å²) in [4.78, 5) is 21.8. The van der Waals surface area contributed by atoms with Crippen molar-refractivity contribution in [2.45, 2.75) is 26.3 Å². The number of amidine groups is 1. The lowest BCUT2D eigenvalue weighted by molar-refractivity contribution is -0.112. The lowest BCUT2D eigenvalue weighted by Gasteiger charge is -2.23. The van der Waals surface area contributed by atoms with Gasteiger partial charge in [0.2, 0.25) is 0 Å². The second-order valence-electron chi connectivity index (χ2n) is 6.69. The molecule has 0 aliphatic rings. The number of pyridine rings is 2. The van der Waals surface area contributed by atoms with E-state index in [9.17, 15) is 18.7 Å². The smallest absolute Gasteiger partial charge is 0.280 e. The van der Waals surface area contributed by atoms with E-state index in [1.54, 1.807) is 13.8 Å². The maximum Gasteiger partial charge on any atom is 0.280 e. The van der Waals surface area contributed by atoms with Gasteiger partial charge in [-0.2, -0.15) is 0 Å². The second kappa shape index (κ2) is 10.7. The Morgan fingerprint density at radius 1 is 1.25 bits per heavy atom. The van der Waals surface area contributed by atoms with Crippen molar-refractivity contribution >= 4 is 35.3 Å². The highest BCUT2D eigenvalue weighted by Crippen LogP contribution is 2.16. The Balaban J connectivity index is 2.28. The molecule has 32 heavy (non-hydrogen) atoms. The highest BCUT2D eigenvalue weighted by atomic mass is 19.3. The Kier molecular flexibility index (Phi) is 8.04. The third kappa shape index (κ3) is 6.14. The largest absolute Gasteiger partial charge is 0.506 e. The predicted octanol–water partition coefficient (Wildman–Crippen LogP) is 3.04. The summed E-state index contributed by atoms with van der Waals surface area (Å²) in [6, 6.07) is 5.48. The average molecular weight is 444 g/mol. The molecule has 0 aliphatic heterocycles. The molecule has 12 heteroatoms. The third-order valence-electron chi connectivity index (χ3n) is 4.05. The SMILES string of the molecule is CC(C)N(C=N)C(=N)c1cccc(NC(=O)/C(=C/Nc2cncc(O)c2)C(=N)C(F)F)n1. The van der Waals surface area contributed by atoms with E-state index < -0.39 is 23.6 Å². The minimum absolute atomic E-state index is 0.0297. The van der Waals surface area contributed by atoms with Crippen molar-refractivity contribution < 1.29 is 18.7 Å². The van der Waals surface area contributed by atoms with Crippen LogP contribution in [0, 0.1) is 16.2 Å². The van der Waals surface area contributed by atoms with E-state index in [1.165, 1.54) is 41.6 Å². The Hall–Kier alpha value is -4.22. The van der Waals surface area contributed by atoms with Crippen LogP contribution in [0.2, 0.25) is 0 Å². The van der Waals surface area contributed by atoms with Gasteiger partial charge >= 0.3 is 0 Å². The fourth-order valence-electron chi connectivity index (χ4n) is 2.47. The fraction of sp³-hybridized carbons (Fsp3) is 0.200. The Bertz CT molecular complexity index is 1060. The zero-order valence-corrected chi connectivity index (χ0v) is 17.2. The molecule has 0 bridgehead atoms. The number of aromatic nitrogens is 2. The van der Waals surface area contributed by atoms with E-state index in [0.29, 0.717) is 0 Å². The summed E-state index contributed by atoms with van der Waals surface area (Å²) in [5.74, 6) is -1.32. The van der Waals surface area contributed by atoms with Gasteiger partial charge in [0.1, 0.15) is 23.0 Å². The normalized spacial score (nSPS) is 11.2. The van der Waals surface area contributed by atoms with Gasteiger partial charge in [0, 0.05) is 18.3 Å². The fourth-order valence-corrected chi connectivity index (χ4v) is 2.47. The summed E-state index contributed by atoms with van der Waals surface area (Å²) in [5.41, 5.74) is -1.51. The van der Waals surface area contributed by atoms with E-state index in [2.05, 4.69) is 20.6 Å². The summed E-state index contributed by atoms with van der Waals surface area (Å²) < 4.78 is 26.3. The highest BCUT2D eigenvalue weighted by molar-refractivity contribution is 6.25. The summed E-state index contributed by atoms with van der Waals surface area (Å²) in [6.45, 7) is 3.57. The molecule has 0 radical (unpaired) electrons. The van der Waals surface area contributed by atoms with Gasteiger partial charge in [-0.15, -0.1) is 0 Å². The van der Waals surface area contributed by atoms with Crippen LogP contribution >= 0.6 is 0 Å². The maximum atomic E-state index is 13.1. The standard InChI is InChI=1S/C20H22F2N8O2/c1-11(2)30(10-23)19(25)15-4-3-5-16(28-15)29-20(32)14(17(24)18(21)22)9-27-12-6-13(31)8-26-7-12/h3-11,18,23-25,27,31H,1-2H3,(H,28,29,32)/b14-9+,23-10?,24-17?,25-19?. The number of nitrogens with one attached hydrogen (secondary N) is 5. The zero-order valence-electron chi connectivity index (χ0n) is 17.2. The number of halogens is 2. The molecule has 2 aromatic heterocycles. The topological polar surface area (TPSA) is 162 Å². The van der Waals surface area contributed by atoms with E-state index in [4.69, 9.17) is 16.2 Å². The molecule has 0 unspecified atom stereocenters.